The molecule has 0 spiro atoms. The van der Waals surface area contributed by atoms with Crippen molar-refractivity contribution in [3.05, 3.63) is 39.3 Å². The van der Waals surface area contributed by atoms with Crippen LogP contribution in [0, 0.1) is 13.8 Å². The van der Waals surface area contributed by atoms with Gasteiger partial charge in [-0.2, -0.15) is 5.10 Å². The first-order chi connectivity index (χ1) is 6.68. The molecule has 2 heterocycles. The van der Waals surface area contributed by atoms with E-state index in [1.165, 1.54) is 0 Å². The number of aromatic amines is 1. The van der Waals surface area contributed by atoms with E-state index in [0.717, 1.165) is 15.3 Å². The van der Waals surface area contributed by atoms with Crippen molar-refractivity contribution in [3.8, 4) is 0 Å². The lowest BCUT2D eigenvalue weighted by atomic mass is 10.1. The molecule has 3 nitrogen and oxygen atoms in total. The maximum absolute atomic E-state index is 11.9. The van der Waals surface area contributed by atoms with Gasteiger partial charge in [0.2, 0.25) is 0 Å². The Morgan fingerprint density at radius 2 is 2.29 bits per heavy atom. The predicted octanol–water partition coefficient (Wildman–Crippen LogP) is 2.32. The fourth-order valence-corrected chi connectivity index (χ4v) is 2.31. The number of carbonyl (C=O) groups excluding carboxylic acids is 1. The van der Waals surface area contributed by atoms with Gasteiger partial charge >= 0.3 is 0 Å². The van der Waals surface area contributed by atoms with E-state index in [1.807, 2.05) is 19.9 Å². The van der Waals surface area contributed by atoms with Crippen LogP contribution in [0.25, 0.3) is 0 Å². The summed E-state index contributed by atoms with van der Waals surface area (Å²) < 4.78 is 0. The van der Waals surface area contributed by atoms with Crippen molar-refractivity contribution in [3.63, 3.8) is 0 Å². The Morgan fingerprint density at radius 1 is 1.50 bits per heavy atom. The average Bonchev–Trinajstić information content (AvgIpc) is 2.73. The van der Waals surface area contributed by atoms with Crippen LogP contribution in [0.2, 0.25) is 0 Å². The number of thiophene rings is 1. The highest BCUT2D eigenvalue weighted by Crippen LogP contribution is 2.22. The van der Waals surface area contributed by atoms with E-state index in [-0.39, 0.29) is 5.78 Å². The molecule has 0 radical (unpaired) electrons. The highest BCUT2D eigenvalue weighted by atomic mass is 32.1. The minimum absolute atomic E-state index is 0.0422. The Hall–Kier alpha value is -1.42. The van der Waals surface area contributed by atoms with Crippen LogP contribution in [0.15, 0.2) is 18.5 Å². The van der Waals surface area contributed by atoms with E-state index >= 15 is 0 Å². The summed E-state index contributed by atoms with van der Waals surface area (Å²) in [7, 11) is 0. The summed E-state index contributed by atoms with van der Waals surface area (Å²) in [5.41, 5.74) is 1.40. The zero-order valence-corrected chi connectivity index (χ0v) is 8.81. The average molecular weight is 206 g/mol. The van der Waals surface area contributed by atoms with E-state index < -0.39 is 0 Å². The third kappa shape index (κ3) is 1.48. The van der Waals surface area contributed by atoms with Crippen LogP contribution in [0.4, 0.5) is 0 Å². The van der Waals surface area contributed by atoms with Gasteiger partial charge in [-0.15, -0.1) is 11.3 Å². The van der Waals surface area contributed by atoms with Crippen LogP contribution in [0.5, 0.6) is 0 Å². The molecule has 0 bridgehead atoms. The van der Waals surface area contributed by atoms with E-state index in [1.54, 1.807) is 23.7 Å². The van der Waals surface area contributed by atoms with Crippen LogP contribution in [0.1, 0.15) is 25.7 Å². The van der Waals surface area contributed by atoms with Crippen molar-refractivity contribution in [2.45, 2.75) is 13.8 Å². The van der Waals surface area contributed by atoms with Gasteiger partial charge in [0.05, 0.1) is 11.8 Å². The summed E-state index contributed by atoms with van der Waals surface area (Å²) in [5, 5.41) is 6.40. The highest BCUT2D eigenvalue weighted by Gasteiger charge is 2.14. The van der Waals surface area contributed by atoms with Crippen molar-refractivity contribution in [1.82, 2.24) is 10.2 Å². The van der Waals surface area contributed by atoms with E-state index in [0.29, 0.717) is 5.56 Å². The number of nitrogens with zero attached hydrogens (tertiary/aromatic N) is 1. The van der Waals surface area contributed by atoms with Gasteiger partial charge in [-0.3, -0.25) is 9.89 Å². The lowest BCUT2D eigenvalue weighted by molar-refractivity contribution is 0.103. The molecular weight excluding hydrogens is 196 g/mol. The fraction of sp³-hybridized carbons (Fsp3) is 0.200. The number of nitrogens with one attached hydrogen (secondary N) is 1. The zero-order valence-electron chi connectivity index (χ0n) is 8.00. The summed E-state index contributed by atoms with van der Waals surface area (Å²) >= 11 is 1.64. The summed E-state index contributed by atoms with van der Waals surface area (Å²) in [6.07, 6.45) is 3.17. The topological polar surface area (TPSA) is 45.8 Å². The second-order valence-corrected chi connectivity index (χ2v) is 4.60. The molecular formula is C10H10N2OS. The van der Waals surface area contributed by atoms with E-state index in [9.17, 15) is 4.79 Å². The summed E-state index contributed by atoms with van der Waals surface area (Å²) in [5.74, 6) is 0.0422. The summed E-state index contributed by atoms with van der Waals surface area (Å²) in [4.78, 5) is 14.1. The number of rotatable bonds is 2. The normalized spacial score (nSPS) is 10.4. The van der Waals surface area contributed by atoms with Gasteiger partial charge in [-0.05, 0) is 19.9 Å². The Labute approximate surface area is 85.8 Å². The van der Waals surface area contributed by atoms with E-state index in [4.69, 9.17) is 0 Å². The first-order valence-electron chi connectivity index (χ1n) is 4.29. The molecule has 2 rings (SSSR count). The first-order valence-corrected chi connectivity index (χ1v) is 5.10. The smallest absolute Gasteiger partial charge is 0.197 e. The monoisotopic (exact) mass is 206 g/mol. The van der Waals surface area contributed by atoms with Crippen molar-refractivity contribution in [2.75, 3.05) is 0 Å². The molecule has 4 heteroatoms. The third-order valence-electron chi connectivity index (χ3n) is 2.05. The summed E-state index contributed by atoms with van der Waals surface area (Å²) in [6.45, 7) is 3.97. The Bertz CT molecular complexity index is 456. The van der Waals surface area contributed by atoms with Crippen LogP contribution in [-0.2, 0) is 0 Å². The Morgan fingerprint density at radius 3 is 2.79 bits per heavy atom. The second kappa shape index (κ2) is 3.38. The quantitative estimate of drug-likeness (QED) is 0.766. The number of H-pyrrole nitrogens is 1. The molecule has 0 fully saturated rings. The van der Waals surface area contributed by atoms with Crippen molar-refractivity contribution in [2.24, 2.45) is 0 Å². The number of carbonyl (C=O) groups is 1. The molecule has 1 N–H and O–H groups in total. The van der Waals surface area contributed by atoms with Crippen LogP contribution in [-0.4, -0.2) is 16.0 Å². The molecule has 0 amide bonds. The zero-order chi connectivity index (χ0) is 10.1. The van der Waals surface area contributed by atoms with Gasteiger partial charge < -0.3 is 0 Å². The van der Waals surface area contributed by atoms with Crippen LogP contribution >= 0.6 is 11.3 Å². The van der Waals surface area contributed by atoms with Crippen LogP contribution in [0.3, 0.4) is 0 Å². The van der Waals surface area contributed by atoms with Gasteiger partial charge in [-0.25, -0.2) is 0 Å². The van der Waals surface area contributed by atoms with Crippen molar-refractivity contribution in [1.29, 1.82) is 0 Å². The Kier molecular flexibility index (Phi) is 2.21. The summed E-state index contributed by atoms with van der Waals surface area (Å²) in [6, 6.07) is 1.93. The molecule has 0 aliphatic carbocycles. The predicted molar refractivity (Wildman–Crippen MR) is 55.8 cm³/mol. The standard InChI is InChI=1S/C10H10N2OS/c1-6-3-9(7(2)14-6)10(13)8-4-11-12-5-8/h3-5H,1-2H3,(H,11,12). The molecule has 0 unspecified atom stereocenters. The molecule has 14 heavy (non-hydrogen) atoms. The maximum Gasteiger partial charge on any atom is 0.197 e. The molecule has 0 saturated heterocycles. The number of aryl methyl sites for hydroxylation is 2. The fourth-order valence-electron chi connectivity index (χ4n) is 1.39. The molecule has 72 valence electrons. The lowest BCUT2D eigenvalue weighted by Gasteiger charge is -1.94. The van der Waals surface area contributed by atoms with Gasteiger partial charge in [0, 0.05) is 21.5 Å². The van der Waals surface area contributed by atoms with Crippen molar-refractivity contribution >= 4 is 17.1 Å². The lowest BCUT2D eigenvalue weighted by Crippen LogP contribution is -1.99. The van der Waals surface area contributed by atoms with Gasteiger partial charge in [0.15, 0.2) is 5.78 Å². The molecule has 0 saturated carbocycles. The highest BCUT2D eigenvalue weighted by molar-refractivity contribution is 7.12. The van der Waals surface area contributed by atoms with Crippen LogP contribution < -0.4 is 0 Å². The second-order valence-electron chi connectivity index (χ2n) is 3.14. The maximum atomic E-state index is 11.9. The largest absolute Gasteiger partial charge is 0.288 e. The SMILES string of the molecule is Cc1cc(C(=O)c2cn[nH]c2)c(C)s1. The first kappa shape index (κ1) is 9.15. The molecule has 0 aromatic carbocycles. The minimum Gasteiger partial charge on any atom is -0.288 e. The molecule has 2 aromatic rings. The Balaban J connectivity index is 2.41. The molecule has 0 atom stereocenters. The number of aromatic nitrogens is 2. The van der Waals surface area contributed by atoms with E-state index in [2.05, 4.69) is 10.2 Å². The number of hydrogen-bond acceptors (Lipinski definition) is 3. The molecule has 0 aliphatic heterocycles. The molecule has 2 aromatic heterocycles. The van der Waals surface area contributed by atoms with Crippen molar-refractivity contribution < 1.29 is 4.79 Å². The molecule has 0 aliphatic rings. The van der Waals surface area contributed by atoms with Gasteiger partial charge in [-0.1, -0.05) is 0 Å². The van der Waals surface area contributed by atoms with Gasteiger partial charge in [0.1, 0.15) is 0 Å². The minimum atomic E-state index is 0.0422. The number of ketones is 1. The number of hydrogen-bond donors (Lipinski definition) is 1. The third-order valence-corrected chi connectivity index (χ3v) is 3.01. The van der Waals surface area contributed by atoms with Gasteiger partial charge in [0.25, 0.3) is 0 Å².